The van der Waals surface area contributed by atoms with Gasteiger partial charge in [0.1, 0.15) is 0 Å². The van der Waals surface area contributed by atoms with E-state index in [9.17, 15) is 0 Å². The third kappa shape index (κ3) is 14.1. The van der Waals surface area contributed by atoms with Gasteiger partial charge in [0.15, 0.2) is 0 Å². The molecule has 25 heavy (non-hydrogen) atoms. The Labute approximate surface area is 159 Å². The molecule has 0 aliphatic rings. The fourth-order valence-electron chi connectivity index (χ4n) is 2.92. The van der Waals surface area contributed by atoms with Crippen molar-refractivity contribution in [2.75, 3.05) is 0 Å². The summed E-state index contributed by atoms with van der Waals surface area (Å²) in [6, 6.07) is 0. The Bertz CT molecular complexity index is 389. The molecular weight excluding hydrogens is 300 g/mol. The van der Waals surface area contributed by atoms with Gasteiger partial charge in [0.25, 0.3) is 0 Å². The van der Waals surface area contributed by atoms with Gasteiger partial charge >= 0.3 is 0 Å². The SMILES string of the molecule is CCCCCC=CC(C)=CC(C=CCCCCC)CC(C)C(C)(C)C. The summed E-state index contributed by atoms with van der Waals surface area (Å²) in [6.45, 7) is 16.3. The molecular formula is C25H46. The average molecular weight is 347 g/mol. The lowest BCUT2D eigenvalue weighted by Gasteiger charge is -2.29. The first kappa shape index (κ1) is 24.2. The lowest BCUT2D eigenvalue weighted by Crippen LogP contribution is -2.19. The van der Waals surface area contributed by atoms with Crippen molar-refractivity contribution in [3.63, 3.8) is 0 Å². The number of hydrogen-bond acceptors (Lipinski definition) is 0. The molecule has 0 saturated carbocycles. The molecule has 0 spiro atoms. The molecule has 0 aliphatic heterocycles. The van der Waals surface area contributed by atoms with E-state index in [1.165, 1.54) is 63.4 Å². The van der Waals surface area contributed by atoms with E-state index in [2.05, 4.69) is 78.8 Å². The average Bonchev–Trinajstić information content (AvgIpc) is 2.53. The predicted octanol–water partition coefficient (Wildman–Crippen LogP) is 8.89. The van der Waals surface area contributed by atoms with Crippen molar-refractivity contribution in [2.45, 2.75) is 106 Å². The van der Waals surface area contributed by atoms with Crippen LogP contribution in [0.4, 0.5) is 0 Å². The lowest BCUT2D eigenvalue weighted by molar-refractivity contribution is 0.236. The fraction of sp³-hybridized carbons (Fsp3) is 0.760. The molecule has 2 atom stereocenters. The first-order valence-electron chi connectivity index (χ1n) is 10.8. The van der Waals surface area contributed by atoms with E-state index in [1.807, 2.05) is 0 Å². The Morgan fingerprint density at radius 1 is 0.880 bits per heavy atom. The summed E-state index contributed by atoms with van der Waals surface area (Å²) >= 11 is 0. The van der Waals surface area contributed by atoms with E-state index in [1.54, 1.807) is 0 Å². The highest BCUT2D eigenvalue weighted by molar-refractivity contribution is 5.19. The minimum Gasteiger partial charge on any atom is -0.0879 e. The van der Waals surface area contributed by atoms with Crippen molar-refractivity contribution in [1.82, 2.24) is 0 Å². The van der Waals surface area contributed by atoms with Crippen LogP contribution in [-0.4, -0.2) is 0 Å². The Balaban J connectivity index is 4.76. The maximum absolute atomic E-state index is 2.48. The molecule has 0 fully saturated rings. The highest BCUT2D eigenvalue weighted by atomic mass is 14.3. The highest BCUT2D eigenvalue weighted by Gasteiger charge is 2.21. The molecule has 0 rings (SSSR count). The predicted molar refractivity (Wildman–Crippen MR) is 117 cm³/mol. The van der Waals surface area contributed by atoms with Crippen LogP contribution < -0.4 is 0 Å². The molecule has 0 amide bonds. The molecule has 0 heteroatoms. The molecule has 146 valence electrons. The standard InChI is InChI=1S/C25H46/c1-8-10-12-14-16-18-22(3)20-24(19-17-15-13-11-9-2)21-23(4)25(5,6)7/h16-20,23-24H,8-15,21H2,1-7H3. The summed E-state index contributed by atoms with van der Waals surface area (Å²) in [7, 11) is 0. The van der Waals surface area contributed by atoms with Crippen LogP contribution in [0.5, 0.6) is 0 Å². The largest absolute Gasteiger partial charge is 0.0879 e. The van der Waals surface area contributed by atoms with Crippen LogP contribution in [0, 0.1) is 17.3 Å². The molecule has 0 aromatic heterocycles. The monoisotopic (exact) mass is 346 g/mol. The van der Waals surface area contributed by atoms with Crippen molar-refractivity contribution in [3.05, 3.63) is 36.0 Å². The van der Waals surface area contributed by atoms with Gasteiger partial charge in [-0.1, -0.05) is 103 Å². The Hall–Kier alpha value is -0.780. The van der Waals surface area contributed by atoms with Crippen LogP contribution in [0.15, 0.2) is 36.0 Å². The number of rotatable bonds is 13. The summed E-state index contributed by atoms with van der Waals surface area (Å²) in [6.07, 6.45) is 23.7. The summed E-state index contributed by atoms with van der Waals surface area (Å²) in [5.41, 5.74) is 1.80. The van der Waals surface area contributed by atoms with Gasteiger partial charge in [-0.15, -0.1) is 0 Å². The second-order valence-electron chi connectivity index (χ2n) is 8.90. The van der Waals surface area contributed by atoms with Gasteiger partial charge in [-0.3, -0.25) is 0 Å². The maximum atomic E-state index is 2.48. The van der Waals surface area contributed by atoms with Gasteiger partial charge in [-0.05, 0) is 56.3 Å². The highest BCUT2D eigenvalue weighted by Crippen LogP contribution is 2.32. The van der Waals surface area contributed by atoms with Gasteiger partial charge in [0.2, 0.25) is 0 Å². The normalized spacial score (nSPS) is 16.0. The second-order valence-corrected chi connectivity index (χ2v) is 8.90. The Kier molecular flexibility index (Phi) is 13.9. The van der Waals surface area contributed by atoms with Gasteiger partial charge in [-0.25, -0.2) is 0 Å². The van der Waals surface area contributed by atoms with Crippen molar-refractivity contribution >= 4 is 0 Å². The Morgan fingerprint density at radius 2 is 1.44 bits per heavy atom. The molecule has 0 saturated heterocycles. The van der Waals surface area contributed by atoms with Crippen LogP contribution in [0.3, 0.4) is 0 Å². The first-order chi connectivity index (χ1) is 11.8. The molecule has 0 heterocycles. The number of hydrogen-bond donors (Lipinski definition) is 0. The quantitative estimate of drug-likeness (QED) is 0.177. The zero-order valence-electron chi connectivity index (χ0n) is 18.4. The topological polar surface area (TPSA) is 0 Å². The molecule has 0 radical (unpaired) electrons. The van der Waals surface area contributed by atoms with Gasteiger partial charge < -0.3 is 0 Å². The van der Waals surface area contributed by atoms with E-state index in [-0.39, 0.29) is 0 Å². The summed E-state index contributed by atoms with van der Waals surface area (Å²) in [5, 5.41) is 0. The molecule has 0 aliphatic carbocycles. The third-order valence-electron chi connectivity index (χ3n) is 5.29. The van der Waals surface area contributed by atoms with Crippen LogP contribution >= 0.6 is 0 Å². The van der Waals surface area contributed by atoms with E-state index in [0.29, 0.717) is 11.3 Å². The van der Waals surface area contributed by atoms with E-state index in [0.717, 1.165) is 5.92 Å². The minimum atomic E-state index is 0.381. The van der Waals surface area contributed by atoms with Crippen LogP contribution in [0.2, 0.25) is 0 Å². The maximum Gasteiger partial charge on any atom is -0.00451 e. The van der Waals surface area contributed by atoms with Gasteiger partial charge in [0, 0.05) is 0 Å². The van der Waals surface area contributed by atoms with Crippen molar-refractivity contribution in [3.8, 4) is 0 Å². The first-order valence-corrected chi connectivity index (χ1v) is 10.8. The molecule has 0 N–H and O–H groups in total. The van der Waals surface area contributed by atoms with Crippen LogP contribution in [0.25, 0.3) is 0 Å². The summed E-state index contributed by atoms with van der Waals surface area (Å²) in [4.78, 5) is 0. The molecule has 0 bridgehead atoms. The molecule has 2 unspecified atom stereocenters. The summed E-state index contributed by atoms with van der Waals surface area (Å²) < 4.78 is 0. The van der Waals surface area contributed by atoms with E-state index >= 15 is 0 Å². The van der Waals surface area contributed by atoms with Crippen molar-refractivity contribution < 1.29 is 0 Å². The van der Waals surface area contributed by atoms with Crippen LogP contribution in [-0.2, 0) is 0 Å². The zero-order valence-corrected chi connectivity index (χ0v) is 18.4. The molecule has 0 aromatic carbocycles. The lowest BCUT2D eigenvalue weighted by atomic mass is 9.76. The zero-order chi connectivity index (χ0) is 19.1. The van der Waals surface area contributed by atoms with E-state index in [4.69, 9.17) is 0 Å². The minimum absolute atomic E-state index is 0.381. The van der Waals surface area contributed by atoms with E-state index < -0.39 is 0 Å². The van der Waals surface area contributed by atoms with Gasteiger partial charge in [-0.2, -0.15) is 0 Å². The Morgan fingerprint density at radius 3 is 1.96 bits per heavy atom. The van der Waals surface area contributed by atoms with Crippen molar-refractivity contribution in [2.24, 2.45) is 17.3 Å². The second kappa shape index (κ2) is 14.4. The number of unbranched alkanes of at least 4 members (excludes halogenated alkanes) is 6. The van der Waals surface area contributed by atoms with Crippen molar-refractivity contribution in [1.29, 1.82) is 0 Å². The van der Waals surface area contributed by atoms with Crippen LogP contribution in [0.1, 0.15) is 106 Å². The molecule has 0 nitrogen and oxygen atoms in total. The fourth-order valence-corrected chi connectivity index (χ4v) is 2.92. The molecule has 0 aromatic rings. The van der Waals surface area contributed by atoms with Gasteiger partial charge in [0.05, 0.1) is 0 Å². The number of allylic oxidation sites excluding steroid dienone is 6. The third-order valence-corrected chi connectivity index (χ3v) is 5.29. The smallest absolute Gasteiger partial charge is 0.00451 e. The summed E-state index contributed by atoms with van der Waals surface area (Å²) in [5.74, 6) is 1.28.